The lowest BCUT2D eigenvalue weighted by atomic mass is 9.93. The molecule has 0 spiro atoms. The van der Waals surface area contributed by atoms with Gasteiger partial charge >= 0.3 is 0 Å². The van der Waals surface area contributed by atoms with Gasteiger partial charge < -0.3 is 19.4 Å². The molecule has 3 aromatic heterocycles. The van der Waals surface area contributed by atoms with Crippen LogP contribution in [0.2, 0.25) is 25.7 Å². The first kappa shape index (κ1) is 26.3. The highest BCUT2D eigenvalue weighted by atomic mass is 28.3. The molecule has 1 N–H and O–H groups in total. The van der Waals surface area contributed by atoms with Crippen LogP contribution in [0.3, 0.4) is 0 Å². The van der Waals surface area contributed by atoms with Gasteiger partial charge in [0.2, 0.25) is 0 Å². The maximum absolute atomic E-state index is 13.1. The van der Waals surface area contributed by atoms with Crippen LogP contribution in [0, 0.1) is 0 Å². The molecule has 1 aliphatic rings. The molecule has 1 aromatic carbocycles. The molecule has 4 heterocycles. The Balaban J connectivity index is 1.32. The van der Waals surface area contributed by atoms with Gasteiger partial charge in [0, 0.05) is 58.3 Å². The van der Waals surface area contributed by atoms with Gasteiger partial charge in [-0.25, -0.2) is 9.67 Å². The fourth-order valence-corrected chi connectivity index (χ4v) is 5.50. The van der Waals surface area contributed by atoms with E-state index in [-0.39, 0.29) is 5.56 Å². The highest BCUT2D eigenvalue weighted by Gasteiger charge is 2.17. The lowest BCUT2D eigenvalue weighted by molar-refractivity contribution is 0.0787. The van der Waals surface area contributed by atoms with Gasteiger partial charge in [0.15, 0.2) is 0 Å². The zero-order valence-electron chi connectivity index (χ0n) is 22.7. The van der Waals surface area contributed by atoms with E-state index in [1.54, 1.807) is 11.6 Å². The van der Waals surface area contributed by atoms with Crippen LogP contribution < -0.4 is 10.9 Å². The van der Waals surface area contributed by atoms with Gasteiger partial charge in [0.1, 0.15) is 18.2 Å². The monoisotopic (exact) mass is 531 g/mol. The first-order valence-corrected chi connectivity index (χ1v) is 17.0. The number of benzene rings is 1. The van der Waals surface area contributed by atoms with Gasteiger partial charge in [0.05, 0.1) is 11.2 Å². The summed E-state index contributed by atoms with van der Waals surface area (Å²) in [5, 5.41) is 8.89. The molecular formula is C29H37N5O3Si. The summed E-state index contributed by atoms with van der Waals surface area (Å²) in [5.74, 6) is 1.14. The normalized spacial score (nSPS) is 14.7. The van der Waals surface area contributed by atoms with Gasteiger partial charge in [-0.3, -0.25) is 4.79 Å². The molecule has 1 saturated heterocycles. The number of hydrogen-bond acceptors (Lipinski definition) is 6. The van der Waals surface area contributed by atoms with Crippen molar-refractivity contribution in [3.8, 4) is 11.3 Å². The molecule has 8 nitrogen and oxygen atoms in total. The minimum Gasteiger partial charge on any atom is -0.381 e. The van der Waals surface area contributed by atoms with Crippen molar-refractivity contribution in [2.45, 2.75) is 51.2 Å². The Morgan fingerprint density at radius 2 is 1.92 bits per heavy atom. The van der Waals surface area contributed by atoms with Gasteiger partial charge in [0.25, 0.3) is 5.56 Å². The topological polar surface area (TPSA) is 83.2 Å². The minimum absolute atomic E-state index is 0.0969. The summed E-state index contributed by atoms with van der Waals surface area (Å²) in [6, 6.07) is 15.1. The lowest BCUT2D eigenvalue weighted by Crippen LogP contribution is -2.22. The zero-order chi connectivity index (χ0) is 26.7. The number of pyridine rings is 2. The van der Waals surface area contributed by atoms with Gasteiger partial charge in [-0.15, -0.1) is 0 Å². The molecule has 200 valence electrons. The van der Waals surface area contributed by atoms with Gasteiger partial charge in [-0.2, -0.15) is 5.10 Å². The molecule has 1 aliphatic heterocycles. The predicted molar refractivity (Wildman–Crippen MR) is 155 cm³/mol. The second-order valence-corrected chi connectivity index (χ2v) is 16.9. The maximum atomic E-state index is 13.1. The Kier molecular flexibility index (Phi) is 7.78. The quantitative estimate of drug-likeness (QED) is 0.219. The van der Waals surface area contributed by atoms with Crippen molar-refractivity contribution in [1.82, 2.24) is 19.3 Å². The Hall–Kier alpha value is -3.27. The molecular weight excluding hydrogens is 494 g/mol. The van der Waals surface area contributed by atoms with Gasteiger partial charge in [-0.1, -0.05) is 31.8 Å². The maximum Gasteiger partial charge on any atom is 0.274 e. The Labute approximate surface area is 224 Å². The fraction of sp³-hybridized carbons (Fsp3) is 0.414. The van der Waals surface area contributed by atoms with E-state index in [0.717, 1.165) is 60.9 Å². The lowest BCUT2D eigenvalue weighted by Gasteiger charge is -2.22. The number of rotatable bonds is 9. The van der Waals surface area contributed by atoms with E-state index in [9.17, 15) is 4.79 Å². The van der Waals surface area contributed by atoms with Crippen LogP contribution >= 0.6 is 0 Å². The summed E-state index contributed by atoms with van der Waals surface area (Å²) in [6.07, 6.45) is 5.89. The Morgan fingerprint density at radius 1 is 1.11 bits per heavy atom. The standard InChI is InChI=1S/C29H37N5O3Si/c1-33-27-7-5-22(25-9-12-34(32-25)20-37-15-16-38(2,3)4)17-24(27)18-26(29(33)35)31-28-8-6-23(19-30-28)21-10-13-36-14-11-21/h5-9,12,17-19,21H,10-11,13-16,20H2,1-4H3,(H,30,31). The Bertz CT molecular complexity index is 1450. The average molecular weight is 532 g/mol. The third-order valence-corrected chi connectivity index (χ3v) is 8.83. The van der Waals surface area contributed by atoms with Crippen molar-refractivity contribution in [2.75, 3.05) is 25.1 Å². The third-order valence-electron chi connectivity index (χ3n) is 7.12. The molecule has 9 heteroatoms. The number of fused-ring (bicyclic) bond motifs is 1. The molecule has 0 atom stereocenters. The molecule has 0 saturated carbocycles. The van der Waals surface area contributed by atoms with E-state index >= 15 is 0 Å². The summed E-state index contributed by atoms with van der Waals surface area (Å²) in [7, 11) is 0.686. The van der Waals surface area contributed by atoms with E-state index < -0.39 is 8.07 Å². The molecule has 5 rings (SSSR count). The number of nitrogens with one attached hydrogen (secondary N) is 1. The number of ether oxygens (including phenoxy) is 2. The van der Waals surface area contributed by atoms with Crippen LogP contribution in [0.5, 0.6) is 0 Å². The van der Waals surface area contributed by atoms with Crippen LogP contribution in [0.25, 0.3) is 22.2 Å². The van der Waals surface area contributed by atoms with Gasteiger partial charge in [-0.05, 0) is 60.7 Å². The van der Waals surface area contributed by atoms with Crippen molar-refractivity contribution in [3.05, 3.63) is 70.8 Å². The minimum atomic E-state index is -1.11. The highest BCUT2D eigenvalue weighted by Crippen LogP contribution is 2.28. The van der Waals surface area contributed by atoms with E-state index in [4.69, 9.17) is 14.6 Å². The van der Waals surface area contributed by atoms with Crippen molar-refractivity contribution < 1.29 is 9.47 Å². The molecule has 1 fully saturated rings. The summed E-state index contributed by atoms with van der Waals surface area (Å²) < 4.78 is 14.8. The molecule has 0 aliphatic carbocycles. The largest absolute Gasteiger partial charge is 0.381 e. The van der Waals surface area contributed by atoms with Crippen molar-refractivity contribution in [2.24, 2.45) is 7.05 Å². The number of nitrogens with zero attached hydrogens (tertiary/aromatic N) is 4. The summed E-state index contributed by atoms with van der Waals surface area (Å²) in [4.78, 5) is 17.7. The first-order chi connectivity index (χ1) is 18.3. The van der Waals surface area contributed by atoms with Crippen LogP contribution in [-0.2, 0) is 23.3 Å². The zero-order valence-corrected chi connectivity index (χ0v) is 23.7. The SMILES string of the molecule is Cn1c(=O)c(Nc2ccc(C3CCOCC3)cn2)cc2cc(-c3ccn(COCC[Si](C)(C)C)n3)ccc21. The number of aryl methyl sites for hydroxylation is 1. The molecule has 0 amide bonds. The van der Waals surface area contributed by atoms with Crippen LogP contribution in [0.1, 0.15) is 24.3 Å². The molecule has 0 unspecified atom stereocenters. The highest BCUT2D eigenvalue weighted by molar-refractivity contribution is 6.76. The average Bonchev–Trinajstić information content (AvgIpc) is 3.39. The predicted octanol–water partition coefficient (Wildman–Crippen LogP) is 5.75. The van der Waals surface area contributed by atoms with Crippen molar-refractivity contribution >= 4 is 30.5 Å². The second-order valence-electron chi connectivity index (χ2n) is 11.3. The first-order valence-electron chi connectivity index (χ1n) is 13.3. The third kappa shape index (κ3) is 6.23. The van der Waals surface area contributed by atoms with Crippen LogP contribution in [0.4, 0.5) is 11.5 Å². The van der Waals surface area contributed by atoms with E-state index in [0.29, 0.717) is 24.2 Å². The van der Waals surface area contributed by atoms with Crippen molar-refractivity contribution in [1.29, 1.82) is 0 Å². The fourth-order valence-electron chi connectivity index (χ4n) is 4.75. The second kappa shape index (κ2) is 11.2. The van der Waals surface area contributed by atoms with E-state index in [1.807, 2.05) is 47.4 Å². The molecule has 4 aromatic rings. The number of hydrogen-bond donors (Lipinski definition) is 1. The number of aromatic nitrogens is 4. The summed E-state index contributed by atoms with van der Waals surface area (Å²) in [5.41, 5.74) is 4.33. The summed E-state index contributed by atoms with van der Waals surface area (Å²) in [6.45, 7) is 9.84. The Morgan fingerprint density at radius 3 is 2.66 bits per heavy atom. The molecule has 0 radical (unpaired) electrons. The molecule has 38 heavy (non-hydrogen) atoms. The smallest absolute Gasteiger partial charge is 0.274 e. The number of anilines is 2. The van der Waals surface area contributed by atoms with E-state index in [2.05, 4.69) is 42.1 Å². The van der Waals surface area contributed by atoms with E-state index in [1.165, 1.54) is 5.56 Å². The van der Waals surface area contributed by atoms with Crippen LogP contribution in [0.15, 0.2) is 59.7 Å². The van der Waals surface area contributed by atoms with Crippen LogP contribution in [-0.4, -0.2) is 47.2 Å². The van der Waals surface area contributed by atoms with Crippen molar-refractivity contribution in [3.63, 3.8) is 0 Å². The summed E-state index contributed by atoms with van der Waals surface area (Å²) >= 11 is 0. The molecule has 0 bridgehead atoms.